The molecular formula is C15H21NS. The van der Waals surface area contributed by atoms with Crippen LogP contribution in [-0.4, -0.2) is 18.3 Å². The van der Waals surface area contributed by atoms with E-state index in [0.29, 0.717) is 0 Å². The van der Waals surface area contributed by atoms with Gasteiger partial charge in [0.2, 0.25) is 0 Å². The molecule has 0 radical (unpaired) electrons. The standard InChI is InChI=1S/C15H21NS/c1-11(12-6-7-12)9-16-10-14-8-13-4-2-3-5-15(13)17-14/h2-5,11-12,14,16H,6-10H2,1H3. The maximum atomic E-state index is 3.66. The number of fused-ring (bicyclic) bond motifs is 1. The van der Waals surface area contributed by atoms with Crippen molar-refractivity contribution in [3.63, 3.8) is 0 Å². The van der Waals surface area contributed by atoms with Crippen LogP contribution in [0.3, 0.4) is 0 Å². The van der Waals surface area contributed by atoms with E-state index in [4.69, 9.17) is 0 Å². The predicted molar refractivity (Wildman–Crippen MR) is 74.5 cm³/mol. The maximum Gasteiger partial charge on any atom is 0.0260 e. The van der Waals surface area contributed by atoms with Crippen molar-refractivity contribution in [3.05, 3.63) is 29.8 Å². The van der Waals surface area contributed by atoms with Crippen LogP contribution in [0.5, 0.6) is 0 Å². The Hall–Kier alpha value is -0.470. The summed E-state index contributed by atoms with van der Waals surface area (Å²) in [6.07, 6.45) is 4.17. The number of hydrogen-bond acceptors (Lipinski definition) is 2. The van der Waals surface area contributed by atoms with Gasteiger partial charge in [-0.15, -0.1) is 11.8 Å². The number of rotatable bonds is 5. The molecular weight excluding hydrogens is 226 g/mol. The van der Waals surface area contributed by atoms with Crippen LogP contribution in [0, 0.1) is 11.8 Å². The molecule has 2 aliphatic rings. The van der Waals surface area contributed by atoms with E-state index in [1.54, 1.807) is 5.56 Å². The van der Waals surface area contributed by atoms with Gasteiger partial charge in [-0.2, -0.15) is 0 Å². The summed E-state index contributed by atoms with van der Waals surface area (Å²) < 4.78 is 0. The van der Waals surface area contributed by atoms with E-state index < -0.39 is 0 Å². The number of nitrogens with one attached hydrogen (secondary N) is 1. The Morgan fingerprint density at radius 3 is 2.94 bits per heavy atom. The van der Waals surface area contributed by atoms with E-state index in [9.17, 15) is 0 Å². The van der Waals surface area contributed by atoms with Crippen LogP contribution in [0.15, 0.2) is 29.2 Å². The average molecular weight is 247 g/mol. The Kier molecular flexibility index (Phi) is 3.44. The summed E-state index contributed by atoms with van der Waals surface area (Å²) in [6, 6.07) is 8.84. The third-order valence-electron chi connectivity index (χ3n) is 3.98. The summed E-state index contributed by atoms with van der Waals surface area (Å²) in [5.74, 6) is 1.90. The van der Waals surface area contributed by atoms with E-state index in [-0.39, 0.29) is 0 Å². The lowest BCUT2D eigenvalue weighted by atomic mass is 10.1. The van der Waals surface area contributed by atoms with Crippen molar-refractivity contribution in [2.24, 2.45) is 11.8 Å². The molecule has 0 saturated heterocycles. The highest BCUT2D eigenvalue weighted by atomic mass is 32.2. The van der Waals surface area contributed by atoms with Crippen molar-refractivity contribution in [1.82, 2.24) is 5.32 Å². The molecule has 2 atom stereocenters. The first-order valence-electron chi connectivity index (χ1n) is 6.78. The molecule has 3 rings (SSSR count). The van der Waals surface area contributed by atoms with Crippen molar-refractivity contribution in [2.45, 2.75) is 36.3 Å². The van der Waals surface area contributed by atoms with Crippen molar-refractivity contribution >= 4 is 11.8 Å². The second kappa shape index (κ2) is 5.03. The van der Waals surface area contributed by atoms with E-state index in [2.05, 4.69) is 36.5 Å². The molecule has 1 aliphatic carbocycles. The molecule has 0 amide bonds. The molecule has 0 aromatic heterocycles. The quantitative estimate of drug-likeness (QED) is 0.856. The largest absolute Gasteiger partial charge is 0.315 e. The summed E-state index contributed by atoms with van der Waals surface area (Å²) in [6.45, 7) is 4.76. The Balaban J connectivity index is 1.43. The van der Waals surface area contributed by atoms with Gasteiger partial charge in [-0.25, -0.2) is 0 Å². The molecule has 17 heavy (non-hydrogen) atoms. The van der Waals surface area contributed by atoms with Crippen LogP contribution >= 0.6 is 11.8 Å². The maximum absolute atomic E-state index is 3.66. The van der Waals surface area contributed by atoms with Crippen LogP contribution in [0.1, 0.15) is 25.3 Å². The highest BCUT2D eigenvalue weighted by Gasteiger charge is 2.28. The van der Waals surface area contributed by atoms with Gasteiger partial charge in [0.05, 0.1) is 0 Å². The molecule has 1 fully saturated rings. The van der Waals surface area contributed by atoms with E-state index >= 15 is 0 Å². The predicted octanol–water partition coefficient (Wildman–Crippen LogP) is 3.34. The molecule has 92 valence electrons. The zero-order valence-corrected chi connectivity index (χ0v) is 11.3. The van der Waals surface area contributed by atoms with Gasteiger partial charge in [-0.3, -0.25) is 0 Å². The molecule has 2 unspecified atom stereocenters. The average Bonchev–Trinajstić information content (AvgIpc) is 3.09. The minimum absolute atomic E-state index is 0.749. The summed E-state index contributed by atoms with van der Waals surface area (Å²) in [5, 5.41) is 4.41. The fourth-order valence-corrected chi connectivity index (χ4v) is 3.95. The van der Waals surface area contributed by atoms with Crippen molar-refractivity contribution < 1.29 is 0 Å². The van der Waals surface area contributed by atoms with Gasteiger partial charge in [0.1, 0.15) is 0 Å². The molecule has 1 nitrogen and oxygen atoms in total. The van der Waals surface area contributed by atoms with Gasteiger partial charge in [0.25, 0.3) is 0 Å². The van der Waals surface area contributed by atoms with Crippen LogP contribution in [0.25, 0.3) is 0 Å². The monoisotopic (exact) mass is 247 g/mol. The normalized spacial score (nSPS) is 24.6. The van der Waals surface area contributed by atoms with Gasteiger partial charge in [-0.1, -0.05) is 25.1 Å². The van der Waals surface area contributed by atoms with Crippen molar-refractivity contribution in [3.8, 4) is 0 Å². The summed E-state index contributed by atoms with van der Waals surface area (Å²) >= 11 is 2.05. The summed E-state index contributed by atoms with van der Waals surface area (Å²) in [5.41, 5.74) is 1.54. The topological polar surface area (TPSA) is 12.0 Å². The summed E-state index contributed by atoms with van der Waals surface area (Å²) in [7, 11) is 0. The lowest BCUT2D eigenvalue weighted by molar-refractivity contribution is 0.462. The van der Waals surface area contributed by atoms with Crippen LogP contribution in [-0.2, 0) is 6.42 Å². The second-order valence-electron chi connectivity index (χ2n) is 5.52. The van der Waals surface area contributed by atoms with Gasteiger partial charge < -0.3 is 5.32 Å². The first-order chi connectivity index (χ1) is 8.33. The lowest BCUT2D eigenvalue weighted by Gasteiger charge is -2.14. The van der Waals surface area contributed by atoms with Crippen LogP contribution in [0.2, 0.25) is 0 Å². The SMILES string of the molecule is CC(CNCC1Cc2ccccc2S1)C1CC1. The minimum atomic E-state index is 0.749. The van der Waals surface area contributed by atoms with Gasteiger partial charge in [-0.05, 0) is 49.3 Å². The molecule has 0 bridgehead atoms. The highest BCUT2D eigenvalue weighted by Crippen LogP contribution is 2.37. The molecule has 1 heterocycles. The van der Waals surface area contributed by atoms with E-state index in [1.807, 2.05) is 11.8 Å². The number of hydrogen-bond donors (Lipinski definition) is 1. The fraction of sp³-hybridized carbons (Fsp3) is 0.600. The van der Waals surface area contributed by atoms with E-state index in [0.717, 1.165) is 23.6 Å². The molecule has 1 N–H and O–H groups in total. The molecule has 2 heteroatoms. The smallest absolute Gasteiger partial charge is 0.0260 e. The van der Waals surface area contributed by atoms with Gasteiger partial charge >= 0.3 is 0 Å². The van der Waals surface area contributed by atoms with Gasteiger partial charge in [0, 0.05) is 16.7 Å². The minimum Gasteiger partial charge on any atom is -0.315 e. The van der Waals surface area contributed by atoms with Crippen molar-refractivity contribution in [1.29, 1.82) is 0 Å². The second-order valence-corrected chi connectivity index (χ2v) is 6.87. The molecule has 1 saturated carbocycles. The summed E-state index contributed by atoms with van der Waals surface area (Å²) in [4.78, 5) is 1.49. The molecule has 1 aromatic rings. The Bertz CT molecular complexity index is 361. The molecule has 1 aromatic carbocycles. The highest BCUT2D eigenvalue weighted by molar-refractivity contribution is 8.00. The zero-order valence-electron chi connectivity index (χ0n) is 10.5. The lowest BCUT2D eigenvalue weighted by Crippen LogP contribution is -2.29. The fourth-order valence-electron chi connectivity index (χ4n) is 2.67. The third-order valence-corrected chi connectivity index (χ3v) is 5.30. The van der Waals surface area contributed by atoms with E-state index in [1.165, 1.54) is 30.7 Å². The number of benzene rings is 1. The first-order valence-corrected chi connectivity index (χ1v) is 7.66. The Morgan fingerprint density at radius 2 is 2.18 bits per heavy atom. The Morgan fingerprint density at radius 1 is 1.35 bits per heavy atom. The van der Waals surface area contributed by atoms with Gasteiger partial charge in [0.15, 0.2) is 0 Å². The first kappa shape index (κ1) is 11.6. The van der Waals surface area contributed by atoms with Crippen LogP contribution < -0.4 is 5.32 Å². The zero-order chi connectivity index (χ0) is 11.7. The van der Waals surface area contributed by atoms with Crippen LogP contribution in [0.4, 0.5) is 0 Å². The molecule has 1 aliphatic heterocycles. The third kappa shape index (κ3) is 2.86. The Labute approximate surface area is 108 Å². The number of thioether (sulfide) groups is 1. The molecule has 0 spiro atoms. The van der Waals surface area contributed by atoms with Crippen molar-refractivity contribution in [2.75, 3.05) is 13.1 Å².